The van der Waals surface area contributed by atoms with Gasteiger partial charge < -0.3 is 10.5 Å². The summed E-state index contributed by atoms with van der Waals surface area (Å²) in [4.78, 5) is 22.6. The lowest BCUT2D eigenvalue weighted by atomic mass is 9.78. The van der Waals surface area contributed by atoms with E-state index in [0.29, 0.717) is 24.9 Å². The smallest absolute Gasteiger partial charge is 0.316 e. The number of non-ortho nitro benzene ring substituents is 1. The van der Waals surface area contributed by atoms with E-state index in [2.05, 4.69) is 0 Å². The molecule has 2 N–H and O–H groups in total. The van der Waals surface area contributed by atoms with Gasteiger partial charge in [-0.2, -0.15) is 0 Å². The van der Waals surface area contributed by atoms with Gasteiger partial charge in [0.15, 0.2) is 0 Å². The molecule has 1 atom stereocenters. The van der Waals surface area contributed by atoms with Gasteiger partial charge in [-0.05, 0) is 38.8 Å². The number of hydrogen-bond acceptors (Lipinski definition) is 5. The van der Waals surface area contributed by atoms with Crippen LogP contribution in [0.1, 0.15) is 32.3 Å². The molecule has 0 aliphatic carbocycles. The first-order valence-corrected chi connectivity index (χ1v) is 6.58. The van der Waals surface area contributed by atoms with Gasteiger partial charge in [0.05, 0.1) is 16.9 Å². The number of rotatable bonds is 7. The number of nitrogens with two attached hydrogens (primary N) is 1. The molecule has 0 aromatic heterocycles. The molecule has 0 spiro atoms. The molecule has 0 fully saturated rings. The summed E-state index contributed by atoms with van der Waals surface area (Å²) >= 11 is 0. The van der Waals surface area contributed by atoms with Gasteiger partial charge in [-0.1, -0.05) is 12.1 Å². The Labute approximate surface area is 118 Å². The Hall–Kier alpha value is -1.95. The lowest BCUT2D eigenvalue weighted by molar-refractivity contribution is -0.385. The number of ether oxygens (including phenoxy) is 1. The van der Waals surface area contributed by atoms with E-state index in [0.717, 1.165) is 0 Å². The molecule has 0 radical (unpaired) electrons. The predicted molar refractivity (Wildman–Crippen MR) is 75.4 cm³/mol. The molecule has 6 heteroatoms. The fourth-order valence-corrected chi connectivity index (χ4v) is 2.07. The number of esters is 1. The molecule has 0 aliphatic heterocycles. The Balaban J connectivity index is 3.18. The number of benzene rings is 1. The first kappa shape index (κ1) is 16.1. The SMILES string of the molecule is CCOC(=O)C(C)(CCCN)c1cccc([N+](=O)[O-])c1. The number of carbonyl (C=O) groups is 1. The van der Waals surface area contributed by atoms with Crippen molar-refractivity contribution in [2.24, 2.45) is 5.73 Å². The van der Waals surface area contributed by atoms with Crippen molar-refractivity contribution in [1.82, 2.24) is 0 Å². The Kier molecular flexibility index (Phi) is 5.64. The van der Waals surface area contributed by atoms with Gasteiger partial charge in [-0.15, -0.1) is 0 Å². The maximum atomic E-state index is 12.2. The zero-order chi connectivity index (χ0) is 15.2. The highest BCUT2D eigenvalue weighted by molar-refractivity contribution is 5.83. The highest BCUT2D eigenvalue weighted by Gasteiger charge is 2.36. The summed E-state index contributed by atoms with van der Waals surface area (Å²) in [5.74, 6) is -0.381. The fourth-order valence-electron chi connectivity index (χ4n) is 2.07. The van der Waals surface area contributed by atoms with Crippen LogP contribution in [0.15, 0.2) is 24.3 Å². The number of hydrogen-bond donors (Lipinski definition) is 1. The summed E-state index contributed by atoms with van der Waals surface area (Å²) in [6, 6.07) is 6.11. The van der Waals surface area contributed by atoms with Crippen LogP contribution < -0.4 is 5.73 Å². The molecule has 110 valence electrons. The van der Waals surface area contributed by atoms with E-state index in [1.807, 2.05) is 0 Å². The van der Waals surface area contributed by atoms with Crippen LogP contribution in [0.4, 0.5) is 5.69 Å². The third kappa shape index (κ3) is 3.54. The number of nitrogens with zero attached hydrogens (tertiary/aromatic N) is 1. The minimum absolute atomic E-state index is 0.0363. The summed E-state index contributed by atoms with van der Waals surface area (Å²) in [5, 5.41) is 10.9. The largest absolute Gasteiger partial charge is 0.465 e. The predicted octanol–water partition coefficient (Wildman–Crippen LogP) is 2.15. The standard InChI is InChI=1S/C14H20N2O4/c1-3-20-13(17)14(2,8-5-9-15)11-6-4-7-12(10-11)16(18)19/h4,6-7,10H,3,5,8-9,15H2,1-2H3. The van der Waals surface area contributed by atoms with E-state index in [9.17, 15) is 14.9 Å². The Morgan fingerprint density at radius 2 is 2.20 bits per heavy atom. The molecule has 6 nitrogen and oxygen atoms in total. The first-order chi connectivity index (χ1) is 9.45. The van der Waals surface area contributed by atoms with Gasteiger partial charge >= 0.3 is 5.97 Å². The Morgan fingerprint density at radius 1 is 1.50 bits per heavy atom. The monoisotopic (exact) mass is 280 g/mol. The van der Waals surface area contributed by atoms with Crippen molar-refractivity contribution in [3.05, 3.63) is 39.9 Å². The van der Waals surface area contributed by atoms with Crippen LogP contribution in [-0.2, 0) is 14.9 Å². The summed E-state index contributed by atoms with van der Waals surface area (Å²) in [6.07, 6.45) is 1.13. The van der Waals surface area contributed by atoms with Crippen LogP contribution in [0.3, 0.4) is 0 Å². The van der Waals surface area contributed by atoms with E-state index in [4.69, 9.17) is 10.5 Å². The third-order valence-electron chi connectivity index (χ3n) is 3.30. The van der Waals surface area contributed by atoms with Crippen molar-refractivity contribution >= 4 is 11.7 Å². The maximum absolute atomic E-state index is 12.2. The van der Waals surface area contributed by atoms with E-state index in [1.54, 1.807) is 26.0 Å². The maximum Gasteiger partial charge on any atom is 0.316 e. The van der Waals surface area contributed by atoms with E-state index in [-0.39, 0.29) is 18.3 Å². The molecule has 0 amide bonds. The molecule has 1 aromatic carbocycles. The zero-order valence-electron chi connectivity index (χ0n) is 11.8. The van der Waals surface area contributed by atoms with Crippen LogP contribution in [0.25, 0.3) is 0 Å². The number of nitro groups is 1. The lowest BCUT2D eigenvalue weighted by Gasteiger charge is -2.27. The van der Waals surface area contributed by atoms with Crippen LogP contribution in [-0.4, -0.2) is 24.0 Å². The molecule has 20 heavy (non-hydrogen) atoms. The van der Waals surface area contributed by atoms with Gasteiger partial charge in [0.1, 0.15) is 0 Å². The summed E-state index contributed by atoms with van der Waals surface area (Å²) in [5.41, 5.74) is 5.14. The molecular weight excluding hydrogens is 260 g/mol. The molecule has 0 aliphatic rings. The second-order valence-corrected chi connectivity index (χ2v) is 4.75. The van der Waals surface area contributed by atoms with Gasteiger partial charge in [-0.3, -0.25) is 14.9 Å². The Bertz CT molecular complexity index is 490. The summed E-state index contributed by atoms with van der Waals surface area (Å²) < 4.78 is 5.11. The minimum atomic E-state index is -0.915. The van der Waals surface area contributed by atoms with Crippen molar-refractivity contribution in [2.75, 3.05) is 13.2 Å². The van der Waals surface area contributed by atoms with Gasteiger partial charge in [0, 0.05) is 12.1 Å². The second-order valence-electron chi connectivity index (χ2n) is 4.75. The van der Waals surface area contributed by atoms with Crippen LogP contribution in [0, 0.1) is 10.1 Å². The molecule has 0 bridgehead atoms. The van der Waals surface area contributed by atoms with E-state index in [1.165, 1.54) is 12.1 Å². The topological polar surface area (TPSA) is 95.5 Å². The van der Waals surface area contributed by atoms with Gasteiger partial charge in [0.25, 0.3) is 5.69 Å². The average molecular weight is 280 g/mol. The van der Waals surface area contributed by atoms with Crippen molar-refractivity contribution in [3.8, 4) is 0 Å². The molecular formula is C14H20N2O4. The van der Waals surface area contributed by atoms with Crippen molar-refractivity contribution in [1.29, 1.82) is 0 Å². The quantitative estimate of drug-likeness (QED) is 0.469. The normalized spacial score (nSPS) is 13.6. The average Bonchev–Trinajstić information content (AvgIpc) is 2.45. The van der Waals surface area contributed by atoms with E-state index < -0.39 is 10.3 Å². The van der Waals surface area contributed by atoms with Gasteiger partial charge in [0.2, 0.25) is 0 Å². The highest BCUT2D eigenvalue weighted by atomic mass is 16.6. The fraction of sp³-hybridized carbons (Fsp3) is 0.500. The van der Waals surface area contributed by atoms with Crippen molar-refractivity contribution in [2.45, 2.75) is 32.1 Å². The molecule has 0 saturated heterocycles. The van der Waals surface area contributed by atoms with Crippen LogP contribution >= 0.6 is 0 Å². The summed E-state index contributed by atoms with van der Waals surface area (Å²) in [6.45, 7) is 4.18. The van der Waals surface area contributed by atoms with E-state index >= 15 is 0 Å². The minimum Gasteiger partial charge on any atom is -0.465 e. The molecule has 1 aromatic rings. The lowest BCUT2D eigenvalue weighted by Crippen LogP contribution is -2.35. The first-order valence-electron chi connectivity index (χ1n) is 6.58. The van der Waals surface area contributed by atoms with Crippen molar-refractivity contribution < 1.29 is 14.5 Å². The number of carbonyl (C=O) groups excluding carboxylic acids is 1. The van der Waals surface area contributed by atoms with Crippen molar-refractivity contribution in [3.63, 3.8) is 0 Å². The second kappa shape index (κ2) is 7.00. The van der Waals surface area contributed by atoms with Crippen LogP contribution in [0.5, 0.6) is 0 Å². The summed E-state index contributed by atoms with van der Waals surface area (Å²) in [7, 11) is 0. The zero-order valence-corrected chi connectivity index (χ0v) is 11.8. The van der Waals surface area contributed by atoms with Gasteiger partial charge in [-0.25, -0.2) is 0 Å². The molecule has 0 saturated carbocycles. The Morgan fingerprint density at radius 3 is 2.75 bits per heavy atom. The molecule has 0 heterocycles. The highest BCUT2D eigenvalue weighted by Crippen LogP contribution is 2.32. The number of nitro benzene ring substituents is 1. The molecule has 1 unspecified atom stereocenters. The molecule has 1 rings (SSSR count). The van der Waals surface area contributed by atoms with Crippen LogP contribution in [0.2, 0.25) is 0 Å². The third-order valence-corrected chi connectivity index (χ3v) is 3.30.